The van der Waals surface area contributed by atoms with Crippen molar-refractivity contribution in [2.45, 2.75) is 19.3 Å². The van der Waals surface area contributed by atoms with E-state index < -0.39 is 0 Å². The van der Waals surface area contributed by atoms with E-state index in [1.165, 1.54) is 5.56 Å². The van der Waals surface area contributed by atoms with Gasteiger partial charge in [0, 0.05) is 20.3 Å². The summed E-state index contributed by atoms with van der Waals surface area (Å²) in [5.74, 6) is 1.43. The molecule has 4 heteroatoms. The Hall–Kier alpha value is -2.36. The fourth-order valence-electron chi connectivity index (χ4n) is 3.05. The van der Waals surface area contributed by atoms with Crippen molar-refractivity contribution in [2.24, 2.45) is 5.92 Å². The lowest BCUT2D eigenvalue weighted by Gasteiger charge is -2.17. The van der Waals surface area contributed by atoms with Crippen molar-refractivity contribution < 1.29 is 9.53 Å². The summed E-state index contributed by atoms with van der Waals surface area (Å²) in [4.78, 5) is 18.4. The first-order chi connectivity index (χ1) is 11.1. The Morgan fingerprint density at radius 2 is 2.09 bits per heavy atom. The molecule has 0 N–H and O–H groups in total. The smallest absolute Gasteiger partial charge is 0.255 e. The van der Waals surface area contributed by atoms with Crippen LogP contribution in [0.3, 0.4) is 0 Å². The van der Waals surface area contributed by atoms with Crippen LogP contribution < -0.4 is 4.74 Å². The van der Waals surface area contributed by atoms with Crippen molar-refractivity contribution in [3.05, 3.63) is 59.4 Å². The minimum Gasteiger partial charge on any atom is -0.493 e. The summed E-state index contributed by atoms with van der Waals surface area (Å²) in [6, 6.07) is 11.9. The van der Waals surface area contributed by atoms with E-state index in [0.29, 0.717) is 18.1 Å². The van der Waals surface area contributed by atoms with Gasteiger partial charge in [0.15, 0.2) is 0 Å². The number of carbonyl (C=O) groups excluding carboxylic acids is 1. The van der Waals surface area contributed by atoms with E-state index in [0.717, 1.165) is 30.7 Å². The molecule has 2 heterocycles. The number of hydrogen-bond donors (Lipinski definition) is 0. The van der Waals surface area contributed by atoms with E-state index >= 15 is 0 Å². The zero-order valence-electron chi connectivity index (χ0n) is 13.7. The first-order valence-corrected chi connectivity index (χ1v) is 8.01. The van der Waals surface area contributed by atoms with Gasteiger partial charge in [-0.25, -0.2) is 0 Å². The average molecular weight is 310 g/mol. The first-order valence-electron chi connectivity index (χ1n) is 8.01. The molecule has 0 unspecified atom stereocenters. The van der Waals surface area contributed by atoms with Crippen LogP contribution in [0.1, 0.15) is 28.0 Å². The molecule has 23 heavy (non-hydrogen) atoms. The maximum atomic E-state index is 12.3. The third-order valence-electron chi connectivity index (χ3n) is 4.27. The van der Waals surface area contributed by atoms with Gasteiger partial charge in [-0.3, -0.25) is 9.78 Å². The topological polar surface area (TPSA) is 42.4 Å². The molecule has 3 rings (SSSR count). The summed E-state index contributed by atoms with van der Waals surface area (Å²) in [7, 11) is 3.55. The second kappa shape index (κ2) is 6.82. The van der Waals surface area contributed by atoms with E-state index in [2.05, 4.69) is 11.1 Å². The van der Waals surface area contributed by atoms with Crippen molar-refractivity contribution in [3.8, 4) is 5.75 Å². The van der Waals surface area contributed by atoms with Gasteiger partial charge < -0.3 is 9.64 Å². The third-order valence-corrected chi connectivity index (χ3v) is 4.27. The van der Waals surface area contributed by atoms with Crippen LogP contribution >= 0.6 is 0 Å². The van der Waals surface area contributed by atoms with Gasteiger partial charge in [0.05, 0.1) is 17.9 Å². The molecule has 0 saturated heterocycles. The Kier molecular flexibility index (Phi) is 4.60. The zero-order chi connectivity index (χ0) is 16.2. The predicted molar refractivity (Wildman–Crippen MR) is 89.7 cm³/mol. The van der Waals surface area contributed by atoms with Crippen LogP contribution in [0.2, 0.25) is 0 Å². The van der Waals surface area contributed by atoms with Crippen molar-refractivity contribution in [3.63, 3.8) is 0 Å². The lowest BCUT2D eigenvalue weighted by Crippen LogP contribution is -2.24. The monoisotopic (exact) mass is 310 g/mol. The molecule has 1 atom stereocenters. The molecule has 1 aliphatic rings. The highest BCUT2D eigenvalue weighted by Crippen LogP contribution is 2.28. The van der Waals surface area contributed by atoms with Crippen LogP contribution in [0.5, 0.6) is 5.75 Å². The van der Waals surface area contributed by atoms with Gasteiger partial charge in [-0.2, -0.15) is 0 Å². The molecule has 120 valence electrons. The van der Waals surface area contributed by atoms with E-state index in [4.69, 9.17) is 4.74 Å². The summed E-state index contributed by atoms with van der Waals surface area (Å²) in [6.45, 7) is 0.714. The highest BCUT2D eigenvalue weighted by molar-refractivity contribution is 5.94. The molecular formula is C19H22N2O2. The highest BCUT2D eigenvalue weighted by Gasteiger charge is 2.21. The molecule has 2 aromatic rings. The fourth-order valence-corrected chi connectivity index (χ4v) is 3.05. The van der Waals surface area contributed by atoms with Crippen LogP contribution in [0.25, 0.3) is 0 Å². The van der Waals surface area contributed by atoms with Gasteiger partial charge in [0.1, 0.15) is 5.75 Å². The summed E-state index contributed by atoms with van der Waals surface area (Å²) in [5, 5.41) is 0. The number of fused-ring (bicyclic) bond motifs is 1. The van der Waals surface area contributed by atoms with Crippen LogP contribution in [-0.4, -0.2) is 36.5 Å². The number of hydrogen-bond acceptors (Lipinski definition) is 3. The second-order valence-electron chi connectivity index (χ2n) is 6.22. The van der Waals surface area contributed by atoms with E-state index in [1.54, 1.807) is 25.2 Å². The van der Waals surface area contributed by atoms with Crippen LogP contribution in [0, 0.1) is 5.92 Å². The third kappa shape index (κ3) is 3.52. The predicted octanol–water partition coefficient (Wildman–Crippen LogP) is 2.97. The summed E-state index contributed by atoms with van der Waals surface area (Å²) in [5.41, 5.74) is 2.83. The second-order valence-corrected chi connectivity index (χ2v) is 6.22. The summed E-state index contributed by atoms with van der Waals surface area (Å²) < 4.78 is 5.84. The fraction of sp³-hybridized carbons (Fsp3) is 0.368. The molecule has 1 aliphatic heterocycles. The van der Waals surface area contributed by atoms with Crippen molar-refractivity contribution >= 4 is 5.91 Å². The molecule has 1 aromatic heterocycles. The Morgan fingerprint density at radius 1 is 1.26 bits per heavy atom. The Morgan fingerprint density at radius 3 is 2.91 bits per heavy atom. The minimum atomic E-state index is 0.0124. The molecule has 0 aliphatic carbocycles. The molecule has 1 amide bonds. The maximum absolute atomic E-state index is 12.3. The quantitative estimate of drug-likeness (QED) is 0.875. The molecule has 0 fully saturated rings. The van der Waals surface area contributed by atoms with Crippen molar-refractivity contribution in [1.82, 2.24) is 9.88 Å². The van der Waals surface area contributed by atoms with Gasteiger partial charge in [-0.05, 0) is 48.9 Å². The number of rotatable bonds is 3. The van der Waals surface area contributed by atoms with Gasteiger partial charge in [0.2, 0.25) is 0 Å². The minimum absolute atomic E-state index is 0.0124. The maximum Gasteiger partial charge on any atom is 0.255 e. The summed E-state index contributed by atoms with van der Waals surface area (Å²) >= 11 is 0. The number of aromatic nitrogens is 1. The molecule has 1 aromatic carbocycles. The SMILES string of the molecule is CN(C)C(=O)c1cccnc1C[C@@H]1CCOc2ccccc2C1. The van der Waals surface area contributed by atoms with Gasteiger partial charge >= 0.3 is 0 Å². The lowest BCUT2D eigenvalue weighted by atomic mass is 9.91. The normalized spacial score (nSPS) is 16.9. The zero-order valence-corrected chi connectivity index (χ0v) is 13.7. The molecule has 0 radical (unpaired) electrons. The van der Waals surface area contributed by atoms with Crippen molar-refractivity contribution in [1.29, 1.82) is 0 Å². The summed E-state index contributed by atoms with van der Waals surface area (Å²) in [6.07, 6.45) is 4.50. The molecule has 0 bridgehead atoms. The van der Waals surface area contributed by atoms with E-state index in [1.807, 2.05) is 30.3 Å². The Balaban J connectivity index is 1.81. The van der Waals surface area contributed by atoms with Crippen LogP contribution in [0.4, 0.5) is 0 Å². The molecule has 0 spiro atoms. The van der Waals surface area contributed by atoms with E-state index in [9.17, 15) is 4.79 Å². The van der Waals surface area contributed by atoms with Crippen molar-refractivity contribution in [2.75, 3.05) is 20.7 Å². The standard InChI is InChI=1S/C19H22N2O2/c1-21(2)19(22)16-7-5-10-20-17(16)13-14-9-11-23-18-8-4-3-6-15(18)12-14/h3-8,10,14H,9,11-13H2,1-2H3/t14-/m1/s1. The molecule has 4 nitrogen and oxygen atoms in total. The Bertz CT molecular complexity index is 697. The molecular weight excluding hydrogens is 288 g/mol. The van der Waals surface area contributed by atoms with Gasteiger partial charge in [-0.1, -0.05) is 18.2 Å². The number of carbonyl (C=O) groups is 1. The van der Waals surface area contributed by atoms with Crippen LogP contribution in [0.15, 0.2) is 42.6 Å². The van der Waals surface area contributed by atoms with Crippen LogP contribution in [-0.2, 0) is 12.8 Å². The number of para-hydroxylation sites is 1. The highest BCUT2D eigenvalue weighted by atomic mass is 16.5. The number of nitrogens with zero attached hydrogens (tertiary/aromatic N) is 2. The number of pyridine rings is 1. The number of amides is 1. The first kappa shape index (κ1) is 15.5. The van der Waals surface area contributed by atoms with E-state index in [-0.39, 0.29) is 5.91 Å². The van der Waals surface area contributed by atoms with Gasteiger partial charge in [-0.15, -0.1) is 0 Å². The average Bonchev–Trinajstić information content (AvgIpc) is 2.76. The number of benzene rings is 1. The molecule has 0 saturated carbocycles. The largest absolute Gasteiger partial charge is 0.493 e. The number of ether oxygens (including phenoxy) is 1. The lowest BCUT2D eigenvalue weighted by molar-refractivity contribution is 0.0825. The van der Waals surface area contributed by atoms with Gasteiger partial charge in [0.25, 0.3) is 5.91 Å². The Labute approximate surface area is 137 Å².